The number of likely N-dealkylation sites (tertiary alicyclic amines) is 1. The molecule has 1 saturated heterocycles. The zero-order valence-corrected chi connectivity index (χ0v) is 41.7. The van der Waals surface area contributed by atoms with Gasteiger partial charge in [0.15, 0.2) is 0 Å². The predicted molar refractivity (Wildman–Crippen MR) is 252 cm³/mol. The molecule has 1 aliphatic heterocycles. The van der Waals surface area contributed by atoms with Crippen molar-refractivity contribution >= 4 is 41.3 Å². The van der Waals surface area contributed by atoms with Crippen LogP contribution in [0.5, 0.6) is 0 Å². The lowest BCUT2D eigenvalue weighted by molar-refractivity contribution is -0.192. The van der Waals surface area contributed by atoms with Gasteiger partial charge in [0, 0.05) is 46.5 Å². The summed E-state index contributed by atoms with van der Waals surface area (Å²) in [6, 6.07) is 13.8. The second-order valence-electron chi connectivity index (χ2n) is 18.2. The average molecular weight is 965 g/mol. The van der Waals surface area contributed by atoms with E-state index in [-0.39, 0.29) is 54.2 Å². The van der Waals surface area contributed by atoms with E-state index < -0.39 is 66.4 Å². The van der Waals surface area contributed by atoms with E-state index in [0.29, 0.717) is 31.6 Å². The summed E-state index contributed by atoms with van der Waals surface area (Å²) in [5.74, 6) is -5.44. The van der Waals surface area contributed by atoms with Gasteiger partial charge in [0.1, 0.15) is 12.1 Å². The molecule has 2 aromatic carbocycles. The average Bonchev–Trinajstić information content (AvgIpc) is 3.77. The maximum absolute atomic E-state index is 14.5. The first-order valence-corrected chi connectivity index (χ1v) is 23.0. The smallest absolute Gasteiger partial charge is 0.475 e. The molecule has 5 N–H and O–H groups in total. The van der Waals surface area contributed by atoms with Crippen molar-refractivity contribution in [1.29, 1.82) is 0 Å². The molecule has 382 valence electrons. The van der Waals surface area contributed by atoms with Gasteiger partial charge in [0.25, 0.3) is 0 Å². The molecule has 1 fully saturated rings. The van der Waals surface area contributed by atoms with Crippen LogP contribution in [0.25, 0.3) is 0 Å². The second-order valence-corrected chi connectivity index (χ2v) is 18.2. The fraction of sp³-hybridized carbons (Fsp3) is 0.633. The van der Waals surface area contributed by atoms with Crippen molar-refractivity contribution in [2.75, 3.05) is 47.7 Å². The summed E-state index contributed by atoms with van der Waals surface area (Å²) in [6.07, 6.45) is -4.12. The van der Waals surface area contributed by atoms with Gasteiger partial charge in [0.05, 0.1) is 49.8 Å². The highest BCUT2D eigenvalue weighted by Crippen LogP contribution is 2.30. The molecule has 1 heterocycles. The minimum atomic E-state index is -5.08. The van der Waals surface area contributed by atoms with E-state index in [1.807, 2.05) is 108 Å². The number of carbonyl (C=O) groups excluding carboxylic acids is 5. The molecular formula is C49H75F3N6O10. The van der Waals surface area contributed by atoms with Gasteiger partial charge in [-0.1, -0.05) is 97.4 Å². The summed E-state index contributed by atoms with van der Waals surface area (Å²) in [5, 5.41) is 13.1. The topological polar surface area (TPSA) is 210 Å². The number of nitrogens with zero attached hydrogens (tertiary/aromatic N) is 3. The predicted octanol–water partition coefficient (Wildman–Crippen LogP) is 5.32. The van der Waals surface area contributed by atoms with Gasteiger partial charge in [-0.25, -0.2) is 9.59 Å². The van der Waals surface area contributed by atoms with Gasteiger partial charge in [-0.2, -0.15) is 13.2 Å². The number of hydrogen-bond acceptors (Lipinski definition) is 11. The number of carbonyl (C=O) groups is 6. The number of rotatable bonds is 23. The van der Waals surface area contributed by atoms with Crippen molar-refractivity contribution in [3.63, 3.8) is 0 Å². The van der Waals surface area contributed by atoms with E-state index >= 15 is 0 Å². The number of carboxylic acids is 1. The third-order valence-corrected chi connectivity index (χ3v) is 12.6. The lowest BCUT2D eigenvalue weighted by atomic mass is 9.89. The number of amides is 4. The van der Waals surface area contributed by atoms with Crippen molar-refractivity contribution in [3.8, 4) is 0 Å². The van der Waals surface area contributed by atoms with Crippen LogP contribution in [-0.2, 0) is 55.9 Å². The fourth-order valence-corrected chi connectivity index (χ4v) is 8.86. The standard InChI is InChI=1S/C47H74N6O8.C2HF3O2/c1-13-31(6)42(52(9)46(57)40(29(2)3)50-45(56)41(30(4)5)51(8)28-34-21-17-22-35(48)25-34)38(59-10)27-39(54)53-24-18-23-37(53)43(60-11)32(7)44(55)49-36(47(58)61-12)26-33-19-15-14-16-20-33;3-2(4,5)1(6)7/h14-17,19-22,25,29-32,36-38,40-43H,13,18,23-24,26-28,48H2,1-12H3,(H,49,55)(H,50,56);(H,6,7)/t31-,32+,36-,37-,38+,40-,41-,42-,43+;/m0./s1. The summed E-state index contributed by atoms with van der Waals surface area (Å²) in [5.41, 5.74) is 8.53. The minimum absolute atomic E-state index is 0.0128. The second kappa shape index (κ2) is 27.7. The van der Waals surface area contributed by atoms with Crippen LogP contribution in [0.4, 0.5) is 18.9 Å². The molecule has 1 aliphatic rings. The van der Waals surface area contributed by atoms with Gasteiger partial charge in [-0.3, -0.25) is 24.1 Å². The highest BCUT2D eigenvalue weighted by atomic mass is 19.4. The molecule has 0 aliphatic carbocycles. The Hall–Kier alpha value is -5.27. The number of carboxylic acid groups (broad SMARTS) is 1. The molecule has 16 nitrogen and oxygen atoms in total. The lowest BCUT2D eigenvalue weighted by Crippen LogP contribution is -2.60. The van der Waals surface area contributed by atoms with E-state index in [4.69, 9.17) is 29.8 Å². The molecule has 4 amide bonds. The number of esters is 1. The molecule has 0 bridgehead atoms. The zero-order valence-electron chi connectivity index (χ0n) is 41.7. The van der Waals surface area contributed by atoms with Gasteiger partial charge in [0.2, 0.25) is 23.6 Å². The van der Waals surface area contributed by atoms with Crippen molar-refractivity contribution in [1.82, 2.24) is 25.3 Å². The molecule has 3 rings (SSSR count). The number of halogens is 3. The van der Waals surface area contributed by atoms with Crippen molar-refractivity contribution in [2.24, 2.45) is 23.7 Å². The normalized spacial score (nSPS) is 17.4. The Kier molecular flexibility index (Phi) is 23.9. The number of anilines is 1. The van der Waals surface area contributed by atoms with Gasteiger partial charge in [-0.05, 0) is 60.9 Å². The van der Waals surface area contributed by atoms with Crippen LogP contribution in [0, 0.1) is 23.7 Å². The number of nitrogens with two attached hydrogens (primary N) is 1. The largest absolute Gasteiger partial charge is 0.490 e. The fourth-order valence-electron chi connectivity index (χ4n) is 8.86. The highest BCUT2D eigenvalue weighted by molar-refractivity contribution is 5.90. The first-order valence-electron chi connectivity index (χ1n) is 23.0. The van der Waals surface area contributed by atoms with Crippen LogP contribution in [0.1, 0.15) is 85.3 Å². The Morgan fingerprint density at radius 2 is 1.47 bits per heavy atom. The van der Waals surface area contributed by atoms with E-state index in [0.717, 1.165) is 17.5 Å². The molecule has 0 unspecified atom stereocenters. The minimum Gasteiger partial charge on any atom is -0.475 e. The molecular weight excluding hydrogens is 890 g/mol. The number of ether oxygens (including phenoxy) is 3. The zero-order chi connectivity index (χ0) is 51.6. The number of methoxy groups -OCH3 is 3. The molecule has 2 aromatic rings. The summed E-state index contributed by atoms with van der Waals surface area (Å²) >= 11 is 0. The SMILES string of the molecule is CC[C@H](C)[C@@H]([C@@H](CC(=O)N1CCC[C@H]1[C@H](OC)[C@@H](C)C(=O)N[C@@H](Cc1ccccc1)C(=O)OC)OC)N(C)C(=O)[C@@H](NC(=O)[C@H](C(C)C)N(C)Cc1cccc(N)c1)C(C)C.O=C(O)C(F)(F)F. The number of nitrogens with one attached hydrogen (secondary N) is 2. The Bertz CT molecular complexity index is 1940. The van der Waals surface area contributed by atoms with Crippen molar-refractivity contribution in [3.05, 3.63) is 65.7 Å². The first kappa shape index (κ1) is 58.9. The summed E-state index contributed by atoms with van der Waals surface area (Å²) in [4.78, 5) is 83.7. The number of likely N-dealkylation sites (N-methyl/N-ethyl adjacent to an activating group) is 2. The monoisotopic (exact) mass is 965 g/mol. The number of hydrogen-bond donors (Lipinski definition) is 4. The van der Waals surface area contributed by atoms with Crippen LogP contribution in [0.3, 0.4) is 0 Å². The number of alkyl halides is 3. The summed E-state index contributed by atoms with van der Waals surface area (Å²) in [7, 11) is 7.99. The third-order valence-electron chi connectivity index (χ3n) is 12.6. The maximum Gasteiger partial charge on any atom is 0.490 e. The van der Waals surface area contributed by atoms with Gasteiger partial charge in [-0.15, -0.1) is 0 Å². The molecule has 0 aromatic heterocycles. The molecule has 0 saturated carbocycles. The third kappa shape index (κ3) is 17.0. The molecule has 19 heteroatoms. The van der Waals surface area contributed by atoms with Crippen molar-refractivity contribution in [2.45, 2.75) is 136 Å². The molecule has 0 spiro atoms. The van der Waals surface area contributed by atoms with Crippen LogP contribution in [-0.4, -0.2) is 146 Å². The van der Waals surface area contributed by atoms with Crippen LogP contribution in [0.15, 0.2) is 54.6 Å². The van der Waals surface area contributed by atoms with E-state index in [2.05, 4.69) is 10.6 Å². The Morgan fingerprint density at radius 1 is 0.868 bits per heavy atom. The van der Waals surface area contributed by atoms with Crippen molar-refractivity contribution < 1.29 is 61.3 Å². The van der Waals surface area contributed by atoms with E-state index in [1.165, 1.54) is 14.2 Å². The molecule has 68 heavy (non-hydrogen) atoms. The summed E-state index contributed by atoms with van der Waals surface area (Å²) < 4.78 is 48.8. The van der Waals surface area contributed by atoms with Crippen LogP contribution < -0.4 is 16.4 Å². The van der Waals surface area contributed by atoms with E-state index in [9.17, 15) is 37.1 Å². The highest BCUT2D eigenvalue weighted by Gasteiger charge is 2.44. The van der Waals surface area contributed by atoms with Crippen LogP contribution >= 0.6 is 0 Å². The van der Waals surface area contributed by atoms with Gasteiger partial charge < -0.3 is 45.5 Å². The lowest BCUT2D eigenvalue weighted by Gasteiger charge is -2.41. The molecule has 9 atom stereocenters. The first-order chi connectivity index (χ1) is 31.8. The number of nitrogen functional groups attached to an aromatic ring is 1. The van der Waals surface area contributed by atoms with E-state index in [1.54, 1.807) is 30.9 Å². The molecule has 0 radical (unpaired) electrons. The Labute approximate surface area is 399 Å². The van der Waals surface area contributed by atoms with Crippen LogP contribution in [0.2, 0.25) is 0 Å². The summed E-state index contributed by atoms with van der Waals surface area (Å²) in [6.45, 7) is 14.6. The quantitative estimate of drug-likeness (QED) is 0.0825. The number of benzene rings is 2. The maximum atomic E-state index is 14.5. The number of aliphatic carboxylic acids is 1. The van der Waals surface area contributed by atoms with Gasteiger partial charge >= 0.3 is 18.1 Å². The Morgan fingerprint density at radius 3 is 1.97 bits per heavy atom. The Balaban J connectivity index is 0.00000209.